The Hall–Kier alpha value is -4.01. The monoisotopic (exact) mass is 423 g/mol. The summed E-state index contributed by atoms with van der Waals surface area (Å²) in [6, 6.07) is 12.4. The number of nitrogens with zero attached hydrogens (tertiary/aromatic N) is 3. The third-order valence-electron chi connectivity index (χ3n) is 4.50. The first-order chi connectivity index (χ1) is 14.9. The lowest BCUT2D eigenvalue weighted by Crippen LogP contribution is -2.12. The fourth-order valence-electron chi connectivity index (χ4n) is 2.86. The normalized spacial score (nSPS) is 10.2. The molecule has 2 aromatic carbocycles. The quantitative estimate of drug-likeness (QED) is 0.568. The number of anilines is 4. The van der Waals surface area contributed by atoms with E-state index in [1.54, 1.807) is 30.5 Å². The van der Waals surface area contributed by atoms with E-state index in [2.05, 4.69) is 20.8 Å². The molecule has 0 atom stereocenters. The maximum Gasteiger partial charge on any atom is 0.255 e. The number of methoxy groups -OCH3 is 3. The van der Waals surface area contributed by atoms with Crippen molar-refractivity contribution in [3.63, 3.8) is 0 Å². The molecule has 9 heteroatoms. The van der Waals surface area contributed by atoms with Crippen molar-refractivity contribution < 1.29 is 19.0 Å². The highest BCUT2D eigenvalue weighted by molar-refractivity contribution is 6.05. The van der Waals surface area contributed by atoms with Gasteiger partial charge >= 0.3 is 0 Å². The second-order valence-corrected chi connectivity index (χ2v) is 6.76. The molecule has 1 amide bonds. The second-order valence-electron chi connectivity index (χ2n) is 6.76. The van der Waals surface area contributed by atoms with Crippen LogP contribution in [0.4, 0.5) is 22.9 Å². The van der Waals surface area contributed by atoms with E-state index in [-0.39, 0.29) is 5.91 Å². The summed E-state index contributed by atoms with van der Waals surface area (Å²) in [6.45, 7) is 0. The molecule has 0 aliphatic carbocycles. The summed E-state index contributed by atoms with van der Waals surface area (Å²) in [5, 5.41) is 14.1. The Morgan fingerprint density at radius 2 is 1.52 bits per heavy atom. The van der Waals surface area contributed by atoms with Gasteiger partial charge in [0.1, 0.15) is 0 Å². The molecular weight excluding hydrogens is 398 g/mol. The highest BCUT2D eigenvalue weighted by Gasteiger charge is 2.17. The van der Waals surface area contributed by atoms with Gasteiger partial charge in [0.05, 0.1) is 33.2 Å². The van der Waals surface area contributed by atoms with Crippen molar-refractivity contribution in [1.29, 1.82) is 0 Å². The number of hydrogen-bond acceptors (Lipinski definition) is 8. The van der Waals surface area contributed by atoms with Gasteiger partial charge in [-0.05, 0) is 36.4 Å². The van der Waals surface area contributed by atoms with Crippen molar-refractivity contribution in [3.8, 4) is 17.2 Å². The predicted molar refractivity (Wildman–Crippen MR) is 120 cm³/mol. The molecule has 162 valence electrons. The van der Waals surface area contributed by atoms with Crippen LogP contribution in [-0.4, -0.2) is 51.5 Å². The number of benzene rings is 2. The first kappa shape index (κ1) is 21.7. The minimum absolute atomic E-state index is 0.301. The van der Waals surface area contributed by atoms with Gasteiger partial charge in [-0.1, -0.05) is 0 Å². The zero-order chi connectivity index (χ0) is 22.4. The summed E-state index contributed by atoms with van der Waals surface area (Å²) in [5.74, 6) is 1.57. The average Bonchev–Trinajstić information content (AvgIpc) is 2.79. The van der Waals surface area contributed by atoms with Crippen molar-refractivity contribution in [2.24, 2.45) is 0 Å². The molecule has 0 aliphatic heterocycles. The van der Waals surface area contributed by atoms with Gasteiger partial charge in [0.2, 0.25) is 5.75 Å². The van der Waals surface area contributed by atoms with E-state index in [4.69, 9.17) is 14.2 Å². The maximum absolute atomic E-state index is 12.7. The summed E-state index contributed by atoms with van der Waals surface area (Å²) < 4.78 is 15.9. The van der Waals surface area contributed by atoms with Crippen LogP contribution in [0.25, 0.3) is 0 Å². The summed E-state index contributed by atoms with van der Waals surface area (Å²) in [7, 11) is 8.39. The maximum atomic E-state index is 12.7. The lowest BCUT2D eigenvalue weighted by molar-refractivity contribution is 0.102. The number of rotatable bonds is 8. The summed E-state index contributed by atoms with van der Waals surface area (Å²) in [6.07, 6.45) is 1.69. The van der Waals surface area contributed by atoms with Crippen LogP contribution in [-0.2, 0) is 0 Å². The highest BCUT2D eigenvalue weighted by atomic mass is 16.5. The van der Waals surface area contributed by atoms with Gasteiger partial charge in [-0.2, -0.15) is 5.10 Å². The van der Waals surface area contributed by atoms with Crippen molar-refractivity contribution in [2.75, 3.05) is 51.0 Å². The number of ether oxygens (including phenoxy) is 3. The number of nitrogens with one attached hydrogen (secondary N) is 2. The molecule has 0 saturated heterocycles. The number of amides is 1. The number of hydrogen-bond donors (Lipinski definition) is 2. The Morgan fingerprint density at radius 3 is 2.06 bits per heavy atom. The lowest BCUT2D eigenvalue weighted by atomic mass is 10.1. The SMILES string of the molecule is COc1cc(C(=O)Nc2ccc(Nc3cc(N(C)C)cnn3)cc2)cc(OC)c1OC. The van der Waals surface area contributed by atoms with Crippen LogP contribution < -0.4 is 29.7 Å². The molecule has 0 unspecified atom stereocenters. The number of carbonyl (C=O) groups is 1. The largest absolute Gasteiger partial charge is 0.493 e. The predicted octanol–water partition coefficient (Wildman–Crippen LogP) is 3.56. The van der Waals surface area contributed by atoms with E-state index >= 15 is 0 Å². The van der Waals surface area contributed by atoms with Crippen LogP contribution in [0.1, 0.15) is 10.4 Å². The molecule has 1 aromatic heterocycles. The molecule has 0 saturated carbocycles. The van der Waals surface area contributed by atoms with Gasteiger partial charge in [-0.3, -0.25) is 4.79 Å². The van der Waals surface area contributed by atoms with E-state index in [1.165, 1.54) is 21.3 Å². The highest BCUT2D eigenvalue weighted by Crippen LogP contribution is 2.38. The smallest absolute Gasteiger partial charge is 0.255 e. The fraction of sp³-hybridized carbons (Fsp3) is 0.227. The molecule has 0 radical (unpaired) electrons. The van der Waals surface area contributed by atoms with Crippen LogP contribution in [0.2, 0.25) is 0 Å². The van der Waals surface area contributed by atoms with Crippen molar-refractivity contribution >= 4 is 28.8 Å². The third kappa shape index (κ3) is 5.13. The van der Waals surface area contributed by atoms with Gasteiger partial charge in [0, 0.05) is 37.1 Å². The van der Waals surface area contributed by atoms with E-state index in [0.717, 1.165) is 11.4 Å². The Kier molecular flexibility index (Phi) is 6.76. The molecule has 3 aromatic rings. The van der Waals surface area contributed by atoms with Gasteiger partial charge in [-0.15, -0.1) is 5.10 Å². The molecule has 0 aliphatic rings. The summed E-state index contributed by atoms with van der Waals surface area (Å²) in [4.78, 5) is 14.7. The van der Waals surface area contributed by atoms with Gasteiger partial charge in [0.15, 0.2) is 17.3 Å². The van der Waals surface area contributed by atoms with E-state index in [1.807, 2.05) is 37.2 Å². The zero-order valence-corrected chi connectivity index (χ0v) is 18.1. The van der Waals surface area contributed by atoms with Gasteiger partial charge < -0.3 is 29.7 Å². The third-order valence-corrected chi connectivity index (χ3v) is 4.50. The van der Waals surface area contributed by atoms with Gasteiger partial charge in [0.25, 0.3) is 5.91 Å². The molecule has 3 rings (SSSR count). The molecule has 0 spiro atoms. The number of carbonyl (C=O) groups excluding carboxylic acids is 1. The zero-order valence-electron chi connectivity index (χ0n) is 18.1. The topological polar surface area (TPSA) is 97.8 Å². The summed E-state index contributed by atoms with van der Waals surface area (Å²) >= 11 is 0. The van der Waals surface area contributed by atoms with Crippen LogP contribution in [0.15, 0.2) is 48.7 Å². The molecule has 2 N–H and O–H groups in total. The number of aromatic nitrogens is 2. The Morgan fingerprint density at radius 1 is 0.903 bits per heavy atom. The molecule has 31 heavy (non-hydrogen) atoms. The van der Waals surface area contributed by atoms with Crippen molar-refractivity contribution in [3.05, 3.63) is 54.2 Å². The van der Waals surface area contributed by atoms with Crippen molar-refractivity contribution in [2.45, 2.75) is 0 Å². The Labute approximate surface area is 181 Å². The Bertz CT molecular complexity index is 1030. The second kappa shape index (κ2) is 9.66. The van der Waals surface area contributed by atoms with E-state index in [0.29, 0.717) is 34.3 Å². The first-order valence-corrected chi connectivity index (χ1v) is 9.43. The van der Waals surface area contributed by atoms with E-state index in [9.17, 15) is 4.79 Å². The van der Waals surface area contributed by atoms with Crippen LogP contribution in [0.3, 0.4) is 0 Å². The van der Waals surface area contributed by atoms with E-state index < -0.39 is 0 Å². The van der Waals surface area contributed by atoms with Gasteiger partial charge in [-0.25, -0.2) is 0 Å². The molecule has 0 bridgehead atoms. The minimum atomic E-state index is -0.301. The summed E-state index contributed by atoms with van der Waals surface area (Å²) in [5.41, 5.74) is 2.77. The average molecular weight is 423 g/mol. The standard InChI is InChI=1S/C22H25N5O4/c1-27(2)17-12-20(26-23-13-17)24-15-6-8-16(9-7-15)25-22(28)14-10-18(29-3)21(31-5)19(11-14)30-4/h6-13H,1-5H3,(H,24,26)(H,25,28). The molecule has 9 nitrogen and oxygen atoms in total. The van der Waals surface area contributed by atoms with Crippen molar-refractivity contribution in [1.82, 2.24) is 10.2 Å². The van der Waals surface area contributed by atoms with Crippen LogP contribution in [0.5, 0.6) is 17.2 Å². The molecule has 1 heterocycles. The lowest BCUT2D eigenvalue weighted by Gasteiger charge is -2.14. The molecule has 0 fully saturated rings. The minimum Gasteiger partial charge on any atom is -0.493 e. The van der Waals surface area contributed by atoms with Crippen LogP contribution >= 0.6 is 0 Å². The van der Waals surface area contributed by atoms with Crippen LogP contribution in [0, 0.1) is 0 Å². The molecular formula is C22H25N5O4. The Balaban J connectivity index is 1.72. The fourth-order valence-corrected chi connectivity index (χ4v) is 2.86. The first-order valence-electron chi connectivity index (χ1n) is 9.43.